The first-order valence-electron chi connectivity index (χ1n) is 7.74. The highest BCUT2D eigenvalue weighted by Crippen LogP contribution is 2.17. The molecule has 0 amide bonds. The molecule has 1 aromatic rings. The summed E-state index contributed by atoms with van der Waals surface area (Å²) in [5.41, 5.74) is 1.22. The molecule has 0 atom stereocenters. The van der Waals surface area contributed by atoms with Crippen LogP contribution in [0.15, 0.2) is 17.4 Å². The summed E-state index contributed by atoms with van der Waals surface area (Å²) in [6.45, 7) is 3.93. The minimum Gasteiger partial charge on any atom is -0.356 e. The molecule has 0 saturated heterocycles. The van der Waals surface area contributed by atoms with Gasteiger partial charge in [0.1, 0.15) is 0 Å². The van der Waals surface area contributed by atoms with Crippen LogP contribution in [0.25, 0.3) is 0 Å². The van der Waals surface area contributed by atoms with E-state index in [4.69, 9.17) is 0 Å². The number of hydrogen-bond acceptors (Lipinski definition) is 2. The number of aromatic nitrogens is 2. The summed E-state index contributed by atoms with van der Waals surface area (Å²) in [7, 11) is 1.84. The average molecular weight is 405 g/mol. The van der Waals surface area contributed by atoms with Crippen molar-refractivity contribution in [3.8, 4) is 0 Å². The Kier molecular flexibility index (Phi) is 8.72. The van der Waals surface area contributed by atoms with E-state index >= 15 is 0 Å². The maximum absolute atomic E-state index is 4.30. The van der Waals surface area contributed by atoms with Crippen molar-refractivity contribution < 1.29 is 0 Å². The molecule has 1 aromatic heterocycles. The molecule has 1 heterocycles. The van der Waals surface area contributed by atoms with E-state index in [-0.39, 0.29) is 24.0 Å². The Morgan fingerprint density at radius 1 is 1.38 bits per heavy atom. The number of rotatable bonds is 5. The van der Waals surface area contributed by atoms with E-state index < -0.39 is 0 Å². The lowest BCUT2D eigenvalue weighted by molar-refractivity contribution is 0.409. The van der Waals surface area contributed by atoms with Crippen LogP contribution in [0.5, 0.6) is 0 Å². The van der Waals surface area contributed by atoms with Crippen LogP contribution in [-0.2, 0) is 6.54 Å². The largest absolute Gasteiger partial charge is 0.356 e. The Bertz CT molecular complexity index is 423. The van der Waals surface area contributed by atoms with Crippen LogP contribution in [0.2, 0.25) is 0 Å². The number of halogens is 1. The molecule has 0 radical (unpaired) electrons. The van der Waals surface area contributed by atoms with Gasteiger partial charge in [-0.25, -0.2) is 0 Å². The summed E-state index contributed by atoms with van der Waals surface area (Å²) in [5.74, 6) is 0.938. The molecule has 2 rings (SSSR count). The Morgan fingerprint density at radius 2 is 2.14 bits per heavy atom. The Balaban J connectivity index is 0.00000220. The summed E-state index contributed by atoms with van der Waals surface area (Å²) >= 11 is 0. The number of aliphatic imine (C=N–C) groups is 1. The molecule has 6 heteroatoms. The predicted molar refractivity (Wildman–Crippen MR) is 98.4 cm³/mol. The summed E-state index contributed by atoms with van der Waals surface area (Å²) in [6.07, 6.45) is 11.6. The normalized spacial score (nSPS) is 16.4. The van der Waals surface area contributed by atoms with Gasteiger partial charge in [-0.15, -0.1) is 24.0 Å². The first-order chi connectivity index (χ1) is 9.78. The molecule has 0 aliphatic heterocycles. The molecule has 21 heavy (non-hydrogen) atoms. The van der Waals surface area contributed by atoms with E-state index in [0.717, 1.165) is 25.5 Å². The third-order valence-electron chi connectivity index (χ3n) is 3.79. The van der Waals surface area contributed by atoms with Crippen molar-refractivity contribution in [2.45, 2.75) is 58.0 Å². The molecule has 1 saturated carbocycles. The second-order valence-corrected chi connectivity index (χ2v) is 5.61. The van der Waals surface area contributed by atoms with Crippen LogP contribution < -0.4 is 10.6 Å². The lowest BCUT2D eigenvalue weighted by Gasteiger charge is -2.24. The zero-order valence-corrected chi connectivity index (χ0v) is 15.5. The average Bonchev–Trinajstić information content (AvgIpc) is 2.89. The van der Waals surface area contributed by atoms with Crippen molar-refractivity contribution in [2.75, 3.05) is 13.6 Å². The third-order valence-corrected chi connectivity index (χ3v) is 3.79. The monoisotopic (exact) mass is 405 g/mol. The summed E-state index contributed by atoms with van der Waals surface area (Å²) in [6, 6.07) is 0.601. The molecule has 0 aromatic carbocycles. The molecule has 1 aliphatic carbocycles. The van der Waals surface area contributed by atoms with Crippen LogP contribution in [-0.4, -0.2) is 35.4 Å². The van der Waals surface area contributed by atoms with Gasteiger partial charge in [0.05, 0.1) is 6.20 Å². The first-order valence-corrected chi connectivity index (χ1v) is 7.74. The van der Waals surface area contributed by atoms with Gasteiger partial charge in [0.2, 0.25) is 0 Å². The maximum atomic E-state index is 4.30. The number of nitrogens with one attached hydrogen (secondary N) is 2. The summed E-state index contributed by atoms with van der Waals surface area (Å²) in [5, 5.41) is 11.2. The van der Waals surface area contributed by atoms with Gasteiger partial charge in [0.15, 0.2) is 5.96 Å². The lowest BCUT2D eigenvalue weighted by Crippen LogP contribution is -2.44. The minimum atomic E-state index is 0. The second-order valence-electron chi connectivity index (χ2n) is 5.61. The number of aryl methyl sites for hydroxylation is 2. The van der Waals surface area contributed by atoms with Crippen LogP contribution in [0.3, 0.4) is 0 Å². The molecule has 5 nitrogen and oxygen atoms in total. The fraction of sp³-hybridized carbons (Fsp3) is 0.733. The fourth-order valence-corrected chi connectivity index (χ4v) is 2.67. The van der Waals surface area contributed by atoms with Gasteiger partial charge in [-0.1, -0.05) is 19.3 Å². The Morgan fingerprint density at radius 3 is 2.76 bits per heavy atom. The zero-order valence-electron chi connectivity index (χ0n) is 13.1. The van der Waals surface area contributed by atoms with Gasteiger partial charge >= 0.3 is 0 Å². The maximum Gasteiger partial charge on any atom is 0.191 e. The van der Waals surface area contributed by atoms with Gasteiger partial charge in [0.25, 0.3) is 0 Å². The Labute approximate surface area is 145 Å². The molecule has 0 unspecified atom stereocenters. The minimum absolute atomic E-state index is 0. The third kappa shape index (κ3) is 6.67. The lowest BCUT2D eigenvalue weighted by atomic mass is 9.96. The van der Waals surface area contributed by atoms with Crippen molar-refractivity contribution in [3.05, 3.63) is 18.0 Å². The molecular weight excluding hydrogens is 377 g/mol. The van der Waals surface area contributed by atoms with Crippen molar-refractivity contribution >= 4 is 29.9 Å². The number of hydrogen-bond donors (Lipinski definition) is 2. The van der Waals surface area contributed by atoms with Gasteiger partial charge < -0.3 is 10.6 Å². The van der Waals surface area contributed by atoms with Crippen molar-refractivity contribution in [1.82, 2.24) is 20.4 Å². The van der Waals surface area contributed by atoms with Gasteiger partial charge in [-0.3, -0.25) is 9.67 Å². The van der Waals surface area contributed by atoms with Crippen LogP contribution in [0, 0.1) is 6.92 Å². The molecule has 120 valence electrons. The van der Waals surface area contributed by atoms with Crippen molar-refractivity contribution in [3.63, 3.8) is 0 Å². The van der Waals surface area contributed by atoms with Crippen LogP contribution >= 0.6 is 24.0 Å². The molecular formula is C15H28IN5. The number of nitrogens with zero attached hydrogens (tertiary/aromatic N) is 3. The SMILES string of the molecule is CN=C(NCCCn1cc(C)cn1)NC1CCCCC1.I. The highest BCUT2D eigenvalue weighted by Gasteiger charge is 2.13. The topological polar surface area (TPSA) is 54.2 Å². The number of guanidine groups is 1. The molecule has 1 fully saturated rings. The first kappa shape index (κ1) is 18.3. The summed E-state index contributed by atoms with van der Waals surface area (Å²) in [4.78, 5) is 4.30. The van der Waals surface area contributed by atoms with E-state index in [2.05, 4.69) is 33.8 Å². The molecule has 2 N–H and O–H groups in total. The van der Waals surface area contributed by atoms with E-state index in [1.165, 1.54) is 37.7 Å². The quantitative estimate of drug-likeness (QED) is 0.343. The van der Waals surface area contributed by atoms with E-state index in [1.54, 1.807) is 0 Å². The van der Waals surface area contributed by atoms with E-state index in [0.29, 0.717) is 6.04 Å². The highest BCUT2D eigenvalue weighted by atomic mass is 127. The smallest absolute Gasteiger partial charge is 0.191 e. The van der Waals surface area contributed by atoms with Gasteiger partial charge in [-0.2, -0.15) is 5.10 Å². The Hall–Kier alpha value is -0.790. The predicted octanol–water partition coefficient (Wildman–Crippen LogP) is 2.70. The standard InChI is InChI=1S/C15H27N5.HI/c1-13-11-18-20(12-13)10-6-9-17-15(16-2)19-14-7-4-3-5-8-14;/h11-12,14H,3-10H2,1-2H3,(H2,16,17,19);1H. The van der Waals surface area contributed by atoms with Crippen LogP contribution in [0.1, 0.15) is 44.1 Å². The van der Waals surface area contributed by atoms with Gasteiger partial charge in [-0.05, 0) is 31.7 Å². The zero-order chi connectivity index (χ0) is 14.2. The molecule has 1 aliphatic rings. The van der Waals surface area contributed by atoms with Crippen molar-refractivity contribution in [1.29, 1.82) is 0 Å². The molecule has 0 bridgehead atoms. The molecule has 0 spiro atoms. The highest BCUT2D eigenvalue weighted by molar-refractivity contribution is 14.0. The summed E-state index contributed by atoms with van der Waals surface area (Å²) < 4.78 is 1.99. The van der Waals surface area contributed by atoms with E-state index in [9.17, 15) is 0 Å². The van der Waals surface area contributed by atoms with Crippen LogP contribution in [0.4, 0.5) is 0 Å². The van der Waals surface area contributed by atoms with Crippen molar-refractivity contribution in [2.24, 2.45) is 4.99 Å². The fourth-order valence-electron chi connectivity index (χ4n) is 2.67. The van der Waals surface area contributed by atoms with Gasteiger partial charge in [0, 0.05) is 32.4 Å². The second kappa shape index (κ2) is 10.0. The van der Waals surface area contributed by atoms with E-state index in [1.807, 2.05) is 17.9 Å².